The van der Waals surface area contributed by atoms with Crippen molar-refractivity contribution in [1.29, 1.82) is 0 Å². The number of piperidine rings is 1. The number of hydrogen-bond acceptors (Lipinski definition) is 3. The highest BCUT2D eigenvalue weighted by molar-refractivity contribution is 5.54. The average Bonchev–Trinajstić information content (AvgIpc) is 2.45. The summed E-state index contributed by atoms with van der Waals surface area (Å²) in [6.07, 6.45) is 2.28. The summed E-state index contributed by atoms with van der Waals surface area (Å²) in [5.74, 6) is -0.111. The summed E-state index contributed by atoms with van der Waals surface area (Å²) in [7, 11) is 4.26. The summed E-state index contributed by atoms with van der Waals surface area (Å²) >= 11 is 0. The molecule has 1 fully saturated rings. The maximum atomic E-state index is 14.2. The highest BCUT2D eigenvalue weighted by atomic mass is 19.1. The van der Waals surface area contributed by atoms with Crippen molar-refractivity contribution in [2.45, 2.75) is 45.3 Å². The Kier molecular flexibility index (Phi) is 5.59. The SMILES string of the molecule is CC(C)NCc1c(F)cccc1N(C)C1CCN(C)CC1. The van der Waals surface area contributed by atoms with E-state index in [1.165, 1.54) is 0 Å². The van der Waals surface area contributed by atoms with Gasteiger partial charge in [-0.2, -0.15) is 0 Å². The maximum Gasteiger partial charge on any atom is 0.129 e. The average molecular weight is 293 g/mol. The molecule has 1 aromatic carbocycles. The second kappa shape index (κ2) is 7.23. The minimum absolute atomic E-state index is 0.111. The van der Waals surface area contributed by atoms with E-state index in [1.807, 2.05) is 12.1 Å². The Labute approximate surface area is 128 Å². The van der Waals surface area contributed by atoms with Gasteiger partial charge in [0.25, 0.3) is 0 Å². The van der Waals surface area contributed by atoms with Gasteiger partial charge in [0.15, 0.2) is 0 Å². The lowest BCUT2D eigenvalue weighted by atomic mass is 10.0. The molecule has 21 heavy (non-hydrogen) atoms. The van der Waals surface area contributed by atoms with Gasteiger partial charge in [0, 0.05) is 36.9 Å². The third-order valence-corrected chi connectivity index (χ3v) is 4.40. The van der Waals surface area contributed by atoms with Gasteiger partial charge in [0.2, 0.25) is 0 Å². The van der Waals surface area contributed by atoms with E-state index in [1.54, 1.807) is 6.07 Å². The zero-order chi connectivity index (χ0) is 15.4. The third kappa shape index (κ3) is 4.17. The van der Waals surface area contributed by atoms with Crippen molar-refractivity contribution in [1.82, 2.24) is 10.2 Å². The van der Waals surface area contributed by atoms with Gasteiger partial charge in [-0.3, -0.25) is 0 Å². The Hall–Kier alpha value is -1.13. The van der Waals surface area contributed by atoms with E-state index in [9.17, 15) is 4.39 Å². The predicted octanol–water partition coefficient (Wildman–Crippen LogP) is 2.85. The molecule has 0 unspecified atom stereocenters. The van der Waals surface area contributed by atoms with Crippen LogP contribution in [-0.4, -0.2) is 44.2 Å². The van der Waals surface area contributed by atoms with E-state index in [-0.39, 0.29) is 5.82 Å². The molecule has 118 valence electrons. The Morgan fingerprint density at radius 2 is 2.00 bits per heavy atom. The van der Waals surface area contributed by atoms with Crippen molar-refractivity contribution in [3.05, 3.63) is 29.6 Å². The van der Waals surface area contributed by atoms with Crippen molar-refractivity contribution in [2.24, 2.45) is 0 Å². The van der Waals surface area contributed by atoms with Crippen LogP contribution >= 0.6 is 0 Å². The van der Waals surface area contributed by atoms with Gasteiger partial charge < -0.3 is 15.1 Å². The highest BCUT2D eigenvalue weighted by Crippen LogP contribution is 2.27. The van der Waals surface area contributed by atoms with E-state index >= 15 is 0 Å². The molecule has 0 bridgehead atoms. The van der Waals surface area contributed by atoms with Crippen LogP contribution in [0.3, 0.4) is 0 Å². The minimum Gasteiger partial charge on any atom is -0.371 e. The molecular formula is C17H28FN3. The molecule has 1 saturated heterocycles. The van der Waals surface area contributed by atoms with Crippen LogP contribution in [-0.2, 0) is 6.54 Å². The fourth-order valence-corrected chi connectivity index (χ4v) is 2.94. The lowest BCUT2D eigenvalue weighted by molar-refractivity contribution is 0.252. The summed E-state index contributed by atoms with van der Waals surface area (Å²) in [4.78, 5) is 4.63. The summed E-state index contributed by atoms with van der Waals surface area (Å²) in [5.41, 5.74) is 1.81. The van der Waals surface area contributed by atoms with Gasteiger partial charge >= 0.3 is 0 Å². The largest absolute Gasteiger partial charge is 0.371 e. The summed E-state index contributed by atoms with van der Waals surface area (Å²) in [5, 5.41) is 3.33. The van der Waals surface area contributed by atoms with Crippen LogP contribution in [0.25, 0.3) is 0 Å². The van der Waals surface area contributed by atoms with Crippen LogP contribution in [0.1, 0.15) is 32.3 Å². The first-order valence-electron chi connectivity index (χ1n) is 7.91. The smallest absolute Gasteiger partial charge is 0.129 e. The topological polar surface area (TPSA) is 18.5 Å². The number of halogens is 1. The van der Waals surface area contributed by atoms with Gasteiger partial charge in [0.1, 0.15) is 5.82 Å². The molecule has 2 rings (SSSR count). The number of anilines is 1. The highest BCUT2D eigenvalue weighted by Gasteiger charge is 2.23. The number of likely N-dealkylation sites (tertiary alicyclic amines) is 1. The Morgan fingerprint density at radius 3 is 2.62 bits per heavy atom. The normalized spacial score (nSPS) is 17.4. The van der Waals surface area contributed by atoms with Crippen molar-refractivity contribution >= 4 is 5.69 Å². The molecule has 1 aliphatic heterocycles. The molecule has 1 aliphatic rings. The zero-order valence-corrected chi connectivity index (χ0v) is 13.7. The fourth-order valence-electron chi connectivity index (χ4n) is 2.94. The first-order chi connectivity index (χ1) is 9.99. The summed E-state index contributed by atoms with van der Waals surface area (Å²) in [6.45, 7) is 6.98. The molecule has 3 nitrogen and oxygen atoms in total. The number of rotatable bonds is 5. The second-order valence-electron chi connectivity index (χ2n) is 6.42. The Bertz CT molecular complexity index is 453. The molecule has 1 heterocycles. The lowest BCUT2D eigenvalue weighted by Gasteiger charge is -2.37. The number of nitrogens with one attached hydrogen (secondary N) is 1. The quantitative estimate of drug-likeness (QED) is 0.900. The van der Waals surface area contributed by atoms with E-state index in [0.717, 1.165) is 37.2 Å². The van der Waals surface area contributed by atoms with E-state index in [0.29, 0.717) is 18.6 Å². The molecule has 4 heteroatoms. The Balaban J connectivity index is 2.15. The van der Waals surface area contributed by atoms with Gasteiger partial charge in [-0.15, -0.1) is 0 Å². The molecule has 0 spiro atoms. The van der Waals surface area contributed by atoms with Crippen molar-refractivity contribution in [3.63, 3.8) is 0 Å². The molecular weight excluding hydrogens is 265 g/mol. The van der Waals surface area contributed by atoms with Crippen LogP contribution in [0.5, 0.6) is 0 Å². The molecule has 0 radical (unpaired) electrons. The zero-order valence-electron chi connectivity index (χ0n) is 13.7. The van der Waals surface area contributed by atoms with Crippen LogP contribution in [0, 0.1) is 5.82 Å². The molecule has 1 aromatic rings. The molecule has 0 atom stereocenters. The van der Waals surface area contributed by atoms with Crippen LogP contribution in [0.15, 0.2) is 18.2 Å². The number of nitrogens with zero attached hydrogens (tertiary/aromatic N) is 2. The predicted molar refractivity (Wildman–Crippen MR) is 87.3 cm³/mol. The van der Waals surface area contributed by atoms with Gasteiger partial charge in [-0.1, -0.05) is 19.9 Å². The van der Waals surface area contributed by atoms with E-state index in [4.69, 9.17) is 0 Å². The van der Waals surface area contributed by atoms with Crippen molar-refractivity contribution in [3.8, 4) is 0 Å². The van der Waals surface area contributed by atoms with Crippen LogP contribution in [0.4, 0.5) is 10.1 Å². The second-order valence-corrected chi connectivity index (χ2v) is 6.42. The molecule has 0 aromatic heterocycles. The molecule has 0 saturated carbocycles. The maximum absolute atomic E-state index is 14.2. The van der Waals surface area contributed by atoms with E-state index < -0.39 is 0 Å². The van der Waals surface area contributed by atoms with Gasteiger partial charge in [0.05, 0.1) is 0 Å². The fraction of sp³-hybridized carbons (Fsp3) is 0.647. The van der Waals surface area contributed by atoms with Crippen LogP contribution in [0.2, 0.25) is 0 Å². The van der Waals surface area contributed by atoms with Gasteiger partial charge in [-0.25, -0.2) is 4.39 Å². The molecule has 0 aliphatic carbocycles. The minimum atomic E-state index is -0.111. The first kappa shape index (κ1) is 16.2. The number of benzene rings is 1. The standard InChI is InChI=1S/C17H28FN3/c1-13(2)19-12-15-16(18)6-5-7-17(15)21(4)14-8-10-20(3)11-9-14/h5-7,13-14,19H,8-12H2,1-4H3. The molecule has 0 amide bonds. The number of hydrogen-bond donors (Lipinski definition) is 1. The van der Waals surface area contributed by atoms with Crippen LogP contribution < -0.4 is 10.2 Å². The third-order valence-electron chi connectivity index (χ3n) is 4.40. The van der Waals surface area contributed by atoms with E-state index in [2.05, 4.69) is 43.1 Å². The summed E-state index contributed by atoms with van der Waals surface area (Å²) < 4.78 is 14.2. The first-order valence-corrected chi connectivity index (χ1v) is 7.91. The van der Waals surface area contributed by atoms with Crippen molar-refractivity contribution in [2.75, 3.05) is 32.1 Å². The Morgan fingerprint density at radius 1 is 1.33 bits per heavy atom. The monoisotopic (exact) mass is 293 g/mol. The molecule has 1 N–H and O–H groups in total. The van der Waals surface area contributed by atoms with Gasteiger partial charge in [-0.05, 0) is 45.1 Å². The van der Waals surface area contributed by atoms with Crippen molar-refractivity contribution < 1.29 is 4.39 Å². The summed E-state index contributed by atoms with van der Waals surface area (Å²) in [6, 6.07) is 6.27. The lowest BCUT2D eigenvalue weighted by Crippen LogP contribution is -2.42.